The normalized spacial score (nSPS) is 10.2. The Labute approximate surface area is 81.1 Å². The van der Waals surface area contributed by atoms with E-state index >= 15 is 0 Å². The summed E-state index contributed by atoms with van der Waals surface area (Å²) >= 11 is 1.62. The molecule has 72 valence electrons. The number of rotatable bonds is 5. The Morgan fingerprint density at radius 1 is 1.62 bits per heavy atom. The highest BCUT2D eigenvalue weighted by molar-refractivity contribution is 7.99. The maximum absolute atomic E-state index is 10.3. The summed E-state index contributed by atoms with van der Waals surface area (Å²) in [7, 11) is 0. The molecule has 0 atom stereocenters. The summed E-state index contributed by atoms with van der Waals surface area (Å²) in [6.45, 7) is 2.05. The highest BCUT2D eigenvalue weighted by Crippen LogP contribution is 2.21. The SMILES string of the molecule is CCSc1ccc(CCC(=O)O)o1. The molecule has 0 aliphatic rings. The van der Waals surface area contributed by atoms with Crippen molar-refractivity contribution in [1.29, 1.82) is 0 Å². The summed E-state index contributed by atoms with van der Waals surface area (Å²) in [6, 6.07) is 3.71. The van der Waals surface area contributed by atoms with Crippen LogP contribution in [0.3, 0.4) is 0 Å². The Morgan fingerprint density at radius 2 is 2.38 bits per heavy atom. The Hall–Kier alpha value is -0.900. The molecule has 1 aromatic rings. The molecule has 0 spiro atoms. The molecule has 0 saturated heterocycles. The fraction of sp³-hybridized carbons (Fsp3) is 0.444. The lowest BCUT2D eigenvalue weighted by Crippen LogP contribution is -1.95. The van der Waals surface area contributed by atoms with Gasteiger partial charge in [-0.15, -0.1) is 0 Å². The minimum Gasteiger partial charge on any atom is -0.481 e. The molecule has 0 radical (unpaired) electrons. The van der Waals surface area contributed by atoms with E-state index < -0.39 is 5.97 Å². The van der Waals surface area contributed by atoms with Gasteiger partial charge in [0.2, 0.25) is 0 Å². The highest BCUT2D eigenvalue weighted by Gasteiger charge is 2.04. The van der Waals surface area contributed by atoms with Crippen LogP contribution < -0.4 is 0 Å². The number of carbonyl (C=O) groups is 1. The zero-order valence-electron chi connectivity index (χ0n) is 7.45. The van der Waals surface area contributed by atoms with Crippen LogP contribution >= 0.6 is 11.8 Å². The molecule has 0 aliphatic heterocycles. The zero-order chi connectivity index (χ0) is 9.68. The van der Waals surface area contributed by atoms with Crippen LogP contribution in [-0.4, -0.2) is 16.8 Å². The van der Waals surface area contributed by atoms with Gasteiger partial charge in [-0.1, -0.05) is 18.7 Å². The third kappa shape index (κ3) is 3.55. The van der Waals surface area contributed by atoms with Crippen LogP contribution in [0.1, 0.15) is 19.1 Å². The number of carboxylic acids is 1. The molecule has 1 aromatic heterocycles. The molecule has 0 saturated carbocycles. The molecule has 0 fully saturated rings. The molecule has 0 aliphatic carbocycles. The third-order valence-electron chi connectivity index (χ3n) is 1.51. The Bertz CT molecular complexity index is 280. The van der Waals surface area contributed by atoms with Gasteiger partial charge in [0.15, 0.2) is 5.09 Å². The van der Waals surface area contributed by atoms with Gasteiger partial charge in [0.25, 0.3) is 0 Å². The second-order valence-corrected chi connectivity index (χ2v) is 3.82. The van der Waals surface area contributed by atoms with Gasteiger partial charge in [0.05, 0.1) is 6.42 Å². The van der Waals surface area contributed by atoms with Crippen LogP contribution in [0.5, 0.6) is 0 Å². The molecule has 1 N–H and O–H groups in total. The minimum atomic E-state index is -0.791. The van der Waals surface area contributed by atoms with Crippen LogP contribution in [0.25, 0.3) is 0 Å². The lowest BCUT2D eigenvalue weighted by molar-refractivity contribution is -0.137. The molecule has 1 rings (SSSR count). The average Bonchev–Trinajstić information content (AvgIpc) is 2.50. The number of hydrogen-bond donors (Lipinski definition) is 1. The summed E-state index contributed by atoms with van der Waals surface area (Å²) in [6.07, 6.45) is 0.601. The minimum absolute atomic E-state index is 0.129. The first-order chi connectivity index (χ1) is 6.22. The van der Waals surface area contributed by atoms with E-state index in [1.807, 2.05) is 19.1 Å². The second-order valence-electron chi connectivity index (χ2n) is 2.55. The van der Waals surface area contributed by atoms with Crippen molar-refractivity contribution < 1.29 is 14.3 Å². The maximum atomic E-state index is 10.3. The highest BCUT2D eigenvalue weighted by atomic mass is 32.2. The maximum Gasteiger partial charge on any atom is 0.303 e. The Balaban J connectivity index is 2.44. The van der Waals surface area contributed by atoms with Crippen molar-refractivity contribution in [2.24, 2.45) is 0 Å². The van der Waals surface area contributed by atoms with Crippen molar-refractivity contribution in [1.82, 2.24) is 0 Å². The van der Waals surface area contributed by atoms with Gasteiger partial charge < -0.3 is 9.52 Å². The number of hydrogen-bond acceptors (Lipinski definition) is 3. The van der Waals surface area contributed by atoms with Crippen LogP contribution in [0.4, 0.5) is 0 Å². The van der Waals surface area contributed by atoms with Crippen molar-refractivity contribution in [3.63, 3.8) is 0 Å². The molecular weight excluding hydrogens is 188 g/mol. The molecule has 0 unspecified atom stereocenters. The summed E-state index contributed by atoms with van der Waals surface area (Å²) < 4.78 is 5.37. The van der Waals surface area contributed by atoms with E-state index in [4.69, 9.17) is 9.52 Å². The van der Waals surface area contributed by atoms with Crippen molar-refractivity contribution >= 4 is 17.7 Å². The van der Waals surface area contributed by atoms with E-state index in [-0.39, 0.29) is 6.42 Å². The van der Waals surface area contributed by atoms with Gasteiger partial charge in [-0.2, -0.15) is 0 Å². The third-order valence-corrected chi connectivity index (χ3v) is 2.30. The fourth-order valence-corrected chi connectivity index (χ4v) is 1.56. The van der Waals surface area contributed by atoms with Crippen LogP contribution in [0.15, 0.2) is 21.6 Å². The van der Waals surface area contributed by atoms with Gasteiger partial charge in [-0.05, 0) is 17.9 Å². The van der Waals surface area contributed by atoms with E-state index in [2.05, 4.69) is 0 Å². The topological polar surface area (TPSA) is 50.4 Å². The van der Waals surface area contributed by atoms with E-state index in [9.17, 15) is 4.79 Å². The zero-order valence-corrected chi connectivity index (χ0v) is 8.26. The number of furan rings is 1. The van der Waals surface area contributed by atoms with Crippen LogP contribution in [0.2, 0.25) is 0 Å². The summed E-state index contributed by atoms with van der Waals surface area (Å²) in [5.74, 6) is 0.922. The van der Waals surface area contributed by atoms with Crippen molar-refractivity contribution in [3.05, 3.63) is 17.9 Å². The van der Waals surface area contributed by atoms with Crippen molar-refractivity contribution in [2.75, 3.05) is 5.75 Å². The van der Waals surface area contributed by atoms with Gasteiger partial charge in [0, 0.05) is 6.42 Å². The molecule has 0 amide bonds. The van der Waals surface area contributed by atoms with E-state index in [0.29, 0.717) is 6.42 Å². The summed E-state index contributed by atoms with van der Waals surface area (Å²) in [5.41, 5.74) is 0. The summed E-state index contributed by atoms with van der Waals surface area (Å²) in [4.78, 5) is 10.3. The van der Waals surface area contributed by atoms with Crippen LogP contribution in [-0.2, 0) is 11.2 Å². The number of aliphatic carboxylic acids is 1. The Kier molecular flexibility index (Phi) is 3.89. The van der Waals surface area contributed by atoms with Crippen molar-refractivity contribution in [2.45, 2.75) is 24.9 Å². The predicted molar refractivity (Wildman–Crippen MR) is 51.1 cm³/mol. The number of carboxylic acid groups (broad SMARTS) is 1. The predicted octanol–water partition coefficient (Wildman–Crippen LogP) is 2.41. The molecule has 0 bridgehead atoms. The van der Waals surface area contributed by atoms with Gasteiger partial charge >= 0.3 is 5.97 Å². The molecule has 0 aromatic carbocycles. The summed E-state index contributed by atoms with van der Waals surface area (Å²) in [5, 5.41) is 9.30. The number of aryl methyl sites for hydroxylation is 1. The first kappa shape index (κ1) is 10.2. The quantitative estimate of drug-likeness (QED) is 0.741. The largest absolute Gasteiger partial charge is 0.481 e. The average molecular weight is 200 g/mol. The fourth-order valence-electron chi connectivity index (χ4n) is 0.943. The van der Waals surface area contributed by atoms with E-state index in [1.54, 1.807) is 11.8 Å². The lowest BCUT2D eigenvalue weighted by Gasteiger charge is -1.93. The van der Waals surface area contributed by atoms with Crippen molar-refractivity contribution in [3.8, 4) is 0 Å². The smallest absolute Gasteiger partial charge is 0.303 e. The number of thioether (sulfide) groups is 1. The molecule has 3 nitrogen and oxygen atoms in total. The lowest BCUT2D eigenvalue weighted by atomic mass is 10.2. The van der Waals surface area contributed by atoms with E-state index in [0.717, 1.165) is 16.6 Å². The molecule has 1 heterocycles. The second kappa shape index (κ2) is 4.97. The van der Waals surface area contributed by atoms with Gasteiger partial charge in [0.1, 0.15) is 5.76 Å². The first-order valence-electron chi connectivity index (χ1n) is 4.15. The molecule has 13 heavy (non-hydrogen) atoms. The van der Waals surface area contributed by atoms with E-state index in [1.165, 1.54) is 0 Å². The Morgan fingerprint density at radius 3 is 3.00 bits per heavy atom. The molecular formula is C9H12O3S. The standard InChI is InChI=1S/C9H12O3S/c1-2-13-9-6-4-7(12-9)3-5-8(10)11/h4,6H,2-3,5H2,1H3,(H,10,11). The monoisotopic (exact) mass is 200 g/mol. The first-order valence-corrected chi connectivity index (χ1v) is 5.14. The van der Waals surface area contributed by atoms with Gasteiger partial charge in [-0.25, -0.2) is 0 Å². The molecule has 4 heteroatoms. The van der Waals surface area contributed by atoms with Gasteiger partial charge in [-0.3, -0.25) is 4.79 Å². The van der Waals surface area contributed by atoms with Crippen LogP contribution in [0, 0.1) is 0 Å².